The van der Waals surface area contributed by atoms with Crippen molar-refractivity contribution < 1.29 is 13.9 Å². The molecule has 5 rings (SSSR count). The van der Waals surface area contributed by atoms with Gasteiger partial charge in [0.1, 0.15) is 35.0 Å². The summed E-state index contributed by atoms with van der Waals surface area (Å²) in [6.07, 6.45) is 4.81. The number of nitrogens with zero attached hydrogens (tertiary/aromatic N) is 2. The van der Waals surface area contributed by atoms with Gasteiger partial charge in [0, 0.05) is 30.1 Å². The van der Waals surface area contributed by atoms with Gasteiger partial charge in [0.2, 0.25) is 0 Å². The van der Waals surface area contributed by atoms with Gasteiger partial charge in [-0.2, -0.15) is 0 Å². The lowest BCUT2D eigenvalue weighted by Crippen LogP contribution is -2.24. The van der Waals surface area contributed by atoms with Crippen LogP contribution in [0.15, 0.2) is 48.0 Å². The van der Waals surface area contributed by atoms with Crippen molar-refractivity contribution in [3.8, 4) is 11.5 Å². The van der Waals surface area contributed by atoms with Crippen molar-refractivity contribution in [3.05, 3.63) is 69.4 Å². The molecule has 0 fully saturated rings. The third-order valence-corrected chi connectivity index (χ3v) is 6.52. The smallest absolute Gasteiger partial charge is 0.140 e. The van der Waals surface area contributed by atoms with Gasteiger partial charge in [-0.05, 0) is 36.6 Å². The van der Waals surface area contributed by atoms with E-state index in [1.807, 2.05) is 23.7 Å². The molecule has 1 aliphatic heterocycles. The highest BCUT2D eigenvalue weighted by Crippen LogP contribution is 2.33. The summed E-state index contributed by atoms with van der Waals surface area (Å²) in [4.78, 5) is 8.80. The van der Waals surface area contributed by atoms with Crippen molar-refractivity contribution in [2.75, 3.05) is 0 Å². The minimum absolute atomic E-state index is 0.146. The molecule has 3 heterocycles. The number of thiazole rings is 2. The van der Waals surface area contributed by atoms with Gasteiger partial charge < -0.3 is 9.47 Å². The monoisotopic (exact) mass is 412 g/mol. The van der Waals surface area contributed by atoms with Crippen LogP contribution in [-0.2, 0) is 19.4 Å². The number of hydrogen-bond donors (Lipinski definition) is 0. The fourth-order valence-corrected chi connectivity index (χ4v) is 4.89. The van der Waals surface area contributed by atoms with Crippen LogP contribution in [-0.4, -0.2) is 16.1 Å². The number of aromatic nitrogens is 2. The van der Waals surface area contributed by atoms with Crippen molar-refractivity contribution in [1.82, 2.24) is 9.97 Å². The van der Waals surface area contributed by atoms with E-state index in [2.05, 4.69) is 16.0 Å². The zero-order valence-electron chi connectivity index (χ0n) is 14.9. The molecule has 0 amide bonds. The van der Waals surface area contributed by atoms with E-state index in [9.17, 15) is 4.39 Å². The number of halogens is 1. The summed E-state index contributed by atoms with van der Waals surface area (Å²) in [6.45, 7) is 0.350. The minimum atomic E-state index is -0.274. The van der Waals surface area contributed by atoms with E-state index in [0.29, 0.717) is 12.1 Å². The molecule has 2 aromatic carbocycles. The van der Waals surface area contributed by atoms with Crippen molar-refractivity contribution in [2.24, 2.45) is 0 Å². The second-order valence-electron chi connectivity index (χ2n) is 6.69. The Balaban J connectivity index is 1.27. The molecule has 28 heavy (non-hydrogen) atoms. The first-order valence-electron chi connectivity index (χ1n) is 9.09. The summed E-state index contributed by atoms with van der Waals surface area (Å²) in [7, 11) is 0. The molecule has 142 valence electrons. The summed E-state index contributed by atoms with van der Waals surface area (Å²) in [6, 6.07) is 10.6. The second-order valence-corrected chi connectivity index (χ2v) is 8.78. The molecule has 0 N–H and O–H groups in total. The SMILES string of the molecule is Fc1ccc2sc(COc3ccc4c(c3)OC(Cc3nccs3)CC4)nc2c1. The first-order chi connectivity index (χ1) is 13.7. The van der Waals surface area contributed by atoms with E-state index in [4.69, 9.17) is 9.47 Å². The Morgan fingerprint density at radius 3 is 3.04 bits per heavy atom. The largest absolute Gasteiger partial charge is 0.490 e. The molecule has 1 unspecified atom stereocenters. The van der Waals surface area contributed by atoms with E-state index in [1.54, 1.807) is 17.4 Å². The molecule has 0 saturated heterocycles. The van der Waals surface area contributed by atoms with Crippen LogP contribution >= 0.6 is 22.7 Å². The van der Waals surface area contributed by atoms with E-state index in [-0.39, 0.29) is 11.9 Å². The van der Waals surface area contributed by atoms with Gasteiger partial charge >= 0.3 is 0 Å². The van der Waals surface area contributed by atoms with Crippen molar-refractivity contribution in [3.63, 3.8) is 0 Å². The van der Waals surface area contributed by atoms with Gasteiger partial charge in [-0.15, -0.1) is 22.7 Å². The lowest BCUT2D eigenvalue weighted by atomic mass is 10.0. The molecule has 0 spiro atoms. The van der Waals surface area contributed by atoms with Gasteiger partial charge in [0.05, 0.1) is 15.2 Å². The van der Waals surface area contributed by atoms with Crippen LogP contribution in [0, 0.1) is 5.82 Å². The van der Waals surface area contributed by atoms with Gasteiger partial charge in [-0.1, -0.05) is 6.07 Å². The molecule has 0 saturated carbocycles. The van der Waals surface area contributed by atoms with Crippen molar-refractivity contribution in [2.45, 2.75) is 32.0 Å². The summed E-state index contributed by atoms with van der Waals surface area (Å²) < 4.78 is 26.4. The Kier molecular flexibility index (Phi) is 4.70. The van der Waals surface area contributed by atoms with Crippen LogP contribution in [0.5, 0.6) is 11.5 Å². The molecule has 0 bridgehead atoms. The third-order valence-electron chi connectivity index (χ3n) is 4.71. The van der Waals surface area contributed by atoms with Crippen molar-refractivity contribution >= 4 is 32.9 Å². The fraction of sp³-hybridized carbons (Fsp3) is 0.238. The minimum Gasteiger partial charge on any atom is -0.490 e. The van der Waals surface area contributed by atoms with Crippen LogP contribution in [0.1, 0.15) is 22.0 Å². The Morgan fingerprint density at radius 1 is 1.18 bits per heavy atom. The molecule has 1 aliphatic rings. The number of hydrogen-bond acceptors (Lipinski definition) is 6. The molecule has 4 nitrogen and oxygen atoms in total. The predicted molar refractivity (Wildman–Crippen MR) is 109 cm³/mol. The first kappa shape index (κ1) is 17.6. The molecular weight excluding hydrogens is 395 g/mol. The lowest BCUT2D eigenvalue weighted by Gasteiger charge is -2.26. The number of ether oxygens (including phenoxy) is 2. The summed E-state index contributed by atoms with van der Waals surface area (Å²) in [5.41, 5.74) is 1.88. The van der Waals surface area contributed by atoms with E-state index in [1.165, 1.54) is 29.0 Å². The number of rotatable bonds is 5. The summed E-state index contributed by atoms with van der Waals surface area (Å²) in [5.74, 6) is 1.36. The second kappa shape index (κ2) is 7.48. The van der Waals surface area contributed by atoms with Crippen LogP contribution in [0.2, 0.25) is 0 Å². The highest BCUT2D eigenvalue weighted by Gasteiger charge is 2.21. The average Bonchev–Trinajstić information content (AvgIpc) is 3.35. The molecule has 0 aliphatic carbocycles. The van der Waals surface area contributed by atoms with Crippen molar-refractivity contribution in [1.29, 1.82) is 0 Å². The summed E-state index contributed by atoms with van der Waals surface area (Å²) >= 11 is 3.18. The Labute approximate surface area is 169 Å². The highest BCUT2D eigenvalue weighted by atomic mass is 32.1. The zero-order chi connectivity index (χ0) is 18.9. The van der Waals surface area contributed by atoms with E-state index < -0.39 is 0 Å². The van der Waals surface area contributed by atoms with E-state index >= 15 is 0 Å². The fourth-order valence-electron chi connectivity index (χ4n) is 3.34. The number of fused-ring (bicyclic) bond motifs is 2. The topological polar surface area (TPSA) is 44.2 Å². The molecule has 2 aromatic heterocycles. The van der Waals surface area contributed by atoms with E-state index in [0.717, 1.165) is 45.5 Å². The normalized spacial score (nSPS) is 16.0. The van der Waals surface area contributed by atoms with Crippen LogP contribution in [0.3, 0.4) is 0 Å². The first-order valence-corrected chi connectivity index (χ1v) is 10.8. The third kappa shape index (κ3) is 3.72. The maximum atomic E-state index is 13.3. The number of aryl methyl sites for hydroxylation is 1. The quantitative estimate of drug-likeness (QED) is 0.440. The Morgan fingerprint density at radius 2 is 2.14 bits per heavy atom. The predicted octanol–water partition coefficient (Wildman–Crippen LogP) is 5.41. The van der Waals surface area contributed by atoms with Gasteiger partial charge in [-0.25, -0.2) is 14.4 Å². The highest BCUT2D eigenvalue weighted by molar-refractivity contribution is 7.18. The molecule has 4 aromatic rings. The van der Waals surface area contributed by atoms with Gasteiger partial charge in [0.15, 0.2) is 0 Å². The maximum absolute atomic E-state index is 13.3. The Hall–Kier alpha value is -2.51. The molecule has 0 radical (unpaired) electrons. The zero-order valence-corrected chi connectivity index (χ0v) is 16.6. The van der Waals surface area contributed by atoms with Gasteiger partial charge in [-0.3, -0.25) is 0 Å². The standard InChI is InChI=1S/C21H17FN2O2S2/c22-14-3-6-19-17(9-14)24-21(28-19)12-25-15-4-1-13-2-5-16(26-18(13)10-15)11-20-23-7-8-27-20/h1,3-4,6-10,16H,2,5,11-12H2. The molecule has 7 heteroatoms. The number of benzene rings is 2. The van der Waals surface area contributed by atoms with Crippen LogP contribution in [0.4, 0.5) is 4.39 Å². The molecular formula is C21H17FN2O2S2. The van der Waals surface area contributed by atoms with Gasteiger partial charge in [0.25, 0.3) is 0 Å². The Bertz CT molecular complexity index is 1110. The average molecular weight is 413 g/mol. The summed E-state index contributed by atoms with van der Waals surface area (Å²) in [5, 5.41) is 3.92. The van der Waals surface area contributed by atoms with Crippen LogP contribution in [0.25, 0.3) is 10.2 Å². The maximum Gasteiger partial charge on any atom is 0.140 e. The van der Waals surface area contributed by atoms with Crippen LogP contribution < -0.4 is 9.47 Å². The lowest BCUT2D eigenvalue weighted by molar-refractivity contribution is 0.172. The molecule has 1 atom stereocenters.